The SMILES string of the molecule is Cc1ccc(C(=O)N/C(=C\c2cccs2)C(=O)NC2CCCc3ccccc32)cc1. The summed E-state index contributed by atoms with van der Waals surface area (Å²) in [6.45, 7) is 1.97. The molecule has 0 bridgehead atoms. The van der Waals surface area contributed by atoms with Gasteiger partial charge < -0.3 is 10.6 Å². The van der Waals surface area contributed by atoms with E-state index in [1.54, 1.807) is 18.2 Å². The predicted octanol–water partition coefficient (Wildman–Crippen LogP) is 5.02. The van der Waals surface area contributed by atoms with Crippen molar-refractivity contribution in [2.45, 2.75) is 32.2 Å². The summed E-state index contributed by atoms with van der Waals surface area (Å²) in [6, 6.07) is 19.3. The fourth-order valence-electron chi connectivity index (χ4n) is 3.71. The van der Waals surface area contributed by atoms with Gasteiger partial charge in [0.05, 0.1) is 6.04 Å². The Balaban J connectivity index is 1.56. The summed E-state index contributed by atoms with van der Waals surface area (Å²) < 4.78 is 0. The van der Waals surface area contributed by atoms with Crippen molar-refractivity contribution in [3.8, 4) is 0 Å². The normalized spacial score (nSPS) is 15.9. The van der Waals surface area contributed by atoms with Gasteiger partial charge in [0.1, 0.15) is 5.70 Å². The molecule has 1 aromatic heterocycles. The maximum Gasteiger partial charge on any atom is 0.268 e. The van der Waals surface area contributed by atoms with Gasteiger partial charge in [-0.3, -0.25) is 9.59 Å². The second-order valence-electron chi connectivity index (χ2n) is 7.51. The molecular weight excluding hydrogens is 392 g/mol. The second-order valence-corrected chi connectivity index (χ2v) is 8.49. The number of aryl methyl sites for hydroxylation is 2. The van der Waals surface area contributed by atoms with Gasteiger partial charge in [-0.2, -0.15) is 0 Å². The zero-order valence-corrected chi connectivity index (χ0v) is 17.7. The highest BCUT2D eigenvalue weighted by atomic mass is 32.1. The molecule has 0 saturated heterocycles. The molecule has 4 nitrogen and oxygen atoms in total. The monoisotopic (exact) mass is 416 g/mol. The molecule has 2 N–H and O–H groups in total. The zero-order chi connectivity index (χ0) is 20.9. The first-order chi connectivity index (χ1) is 14.6. The fourth-order valence-corrected chi connectivity index (χ4v) is 4.37. The molecule has 1 heterocycles. The summed E-state index contributed by atoms with van der Waals surface area (Å²) >= 11 is 1.52. The van der Waals surface area contributed by atoms with E-state index in [2.05, 4.69) is 22.8 Å². The first-order valence-electron chi connectivity index (χ1n) is 10.1. The average molecular weight is 417 g/mol. The summed E-state index contributed by atoms with van der Waals surface area (Å²) in [7, 11) is 0. The number of hydrogen-bond acceptors (Lipinski definition) is 3. The molecule has 2 aromatic carbocycles. The lowest BCUT2D eigenvalue weighted by molar-refractivity contribution is -0.118. The number of carbonyl (C=O) groups excluding carboxylic acids is 2. The second kappa shape index (κ2) is 9.09. The molecule has 4 rings (SSSR count). The van der Waals surface area contributed by atoms with Crippen LogP contribution in [0.1, 0.15) is 50.8 Å². The zero-order valence-electron chi connectivity index (χ0n) is 16.9. The topological polar surface area (TPSA) is 58.2 Å². The third-order valence-corrected chi connectivity index (χ3v) is 6.13. The Kier molecular flexibility index (Phi) is 6.10. The number of amides is 2. The van der Waals surface area contributed by atoms with Gasteiger partial charge >= 0.3 is 0 Å². The first kappa shape index (κ1) is 20.1. The average Bonchev–Trinajstić information content (AvgIpc) is 3.27. The molecule has 30 heavy (non-hydrogen) atoms. The van der Waals surface area contributed by atoms with Crippen molar-refractivity contribution >= 4 is 29.2 Å². The standard InChI is InChI=1S/C25H24N2O2S/c1-17-11-13-19(14-12-17)24(28)27-23(16-20-8-5-15-30-20)25(29)26-22-10-4-7-18-6-2-3-9-21(18)22/h2-3,5-6,8-9,11-16,22H,4,7,10H2,1H3,(H,26,29)(H,27,28)/b23-16-. The third kappa shape index (κ3) is 4.69. The molecule has 0 fully saturated rings. The fraction of sp³-hybridized carbons (Fsp3) is 0.200. The van der Waals surface area contributed by atoms with Crippen LogP contribution >= 0.6 is 11.3 Å². The highest BCUT2D eigenvalue weighted by Gasteiger charge is 2.23. The molecule has 1 aliphatic carbocycles. The van der Waals surface area contributed by atoms with Crippen molar-refractivity contribution in [3.63, 3.8) is 0 Å². The minimum absolute atomic E-state index is 0.0505. The number of benzene rings is 2. The van der Waals surface area contributed by atoms with Crippen molar-refractivity contribution in [2.24, 2.45) is 0 Å². The van der Waals surface area contributed by atoms with Gasteiger partial charge in [0.2, 0.25) is 0 Å². The van der Waals surface area contributed by atoms with E-state index in [9.17, 15) is 9.59 Å². The number of thiophene rings is 1. The summed E-state index contributed by atoms with van der Waals surface area (Å²) in [5.74, 6) is -0.567. The maximum atomic E-state index is 13.2. The molecule has 0 saturated carbocycles. The van der Waals surface area contributed by atoms with Gasteiger partial charge in [0.25, 0.3) is 11.8 Å². The van der Waals surface area contributed by atoms with Gasteiger partial charge in [-0.1, -0.05) is 48.0 Å². The number of hydrogen-bond donors (Lipinski definition) is 2. The molecule has 2 amide bonds. The quantitative estimate of drug-likeness (QED) is 0.574. The van der Waals surface area contributed by atoms with Crippen LogP contribution in [0.3, 0.4) is 0 Å². The van der Waals surface area contributed by atoms with Crippen LogP contribution in [0.25, 0.3) is 6.08 Å². The molecule has 152 valence electrons. The van der Waals surface area contributed by atoms with Crippen LogP contribution in [0, 0.1) is 6.92 Å². The van der Waals surface area contributed by atoms with Crippen molar-refractivity contribution in [3.05, 3.63) is 98.9 Å². The van der Waals surface area contributed by atoms with Crippen LogP contribution in [0.4, 0.5) is 0 Å². The molecular formula is C25H24N2O2S. The molecule has 3 aromatic rings. The van der Waals surface area contributed by atoms with Crippen LogP contribution in [-0.2, 0) is 11.2 Å². The molecule has 1 aliphatic rings. The van der Waals surface area contributed by atoms with E-state index in [0.29, 0.717) is 5.56 Å². The number of carbonyl (C=O) groups is 2. The molecule has 1 unspecified atom stereocenters. The molecule has 0 spiro atoms. The van der Waals surface area contributed by atoms with Crippen molar-refractivity contribution in [1.29, 1.82) is 0 Å². The van der Waals surface area contributed by atoms with Crippen molar-refractivity contribution in [2.75, 3.05) is 0 Å². The van der Waals surface area contributed by atoms with Gasteiger partial charge in [-0.25, -0.2) is 0 Å². The first-order valence-corrected chi connectivity index (χ1v) is 11.0. The minimum atomic E-state index is -0.294. The molecule has 0 radical (unpaired) electrons. The van der Waals surface area contributed by atoms with Crippen LogP contribution in [0.15, 0.2) is 71.7 Å². The third-order valence-electron chi connectivity index (χ3n) is 5.31. The Morgan fingerprint density at radius 3 is 2.60 bits per heavy atom. The predicted molar refractivity (Wildman–Crippen MR) is 121 cm³/mol. The van der Waals surface area contributed by atoms with Crippen LogP contribution in [-0.4, -0.2) is 11.8 Å². The van der Waals surface area contributed by atoms with Gasteiger partial charge in [-0.15, -0.1) is 11.3 Å². The van der Waals surface area contributed by atoms with Crippen molar-refractivity contribution in [1.82, 2.24) is 10.6 Å². The van der Waals surface area contributed by atoms with Crippen molar-refractivity contribution < 1.29 is 9.59 Å². The van der Waals surface area contributed by atoms with E-state index in [1.807, 2.05) is 48.7 Å². The van der Waals surface area contributed by atoms with E-state index in [4.69, 9.17) is 0 Å². The van der Waals surface area contributed by atoms with E-state index in [1.165, 1.54) is 16.9 Å². The number of nitrogens with one attached hydrogen (secondary N) is 2. The van der Waals surface area contributed by atoms with Gasteiger partial charge in [-0.05, 0) is 67.0 Å². The molecule has 0 aliphatic heterocycles. The summed E-state index contributed by atoms with van der Waals surface area (Å²) in [5, 5.41) is 7.90. The summed E-state index contributed by atoms with van der Waals surface area (Å²) in [4.78, 5) is 26.9. The summed E-state index contributed by atoms with van der Waals surface area (Å²) in [6.07, 6.45) is 4.69. The Morgan fingerprint density at radius 1 is 1.03 bits per heavy atom. The lowest BCUT2D eigenvalue weighted by Gasteiger charge is -2.26. The lowest BCUT2D eigenvalue weighted by atomic mass is 9.87. The van der Waals surface area contributed by atoms with E-state index < -0.39 is 0 Å². The molecule has 5 heteroatoms. The van der Waals surface area contributed by atoms with Crippen LogP contribution in [0.5, 0.6) is 0 Å². The largest absolute Gasteiger partial charge is 0.344 e. The highest BCUT2D eigenvalue weighted by molar-refractivity contribution is 7.10. The lowest BCUT2D eigenvalue weighted by Crippen LogP contribution is -2.37. The van der Waals surface area contributed by atoms with Gasteiger partial charge in [0, 0.05) is 10.4 Å². The Bertz CT molecular complexity index is 1070. The van der Waals surface area contributed by atoms with E-state index >= 15 is 0 Å². The Labute approximate surface area is 180 Å². The van der Waals surface area contributed by atoms with Crippen LogP contribution < -0.4 is 10.6 Å². The minimum Gasteiger partial charge on any atom is -0.344 e. The van der Waals surface area contributed by atoms with E-state index in [-0.39, 0.29) is 23.6 Å². The highest BCUT2D eigenvalue weighted by Crippen LogP contribution is 2.29. The number of fused-ring (bicyclic) bond motifs is 1. The maximum absolute atomic E-state index is 13.2. The summed E-state index contributed by atoms with van der Waals surface area (Å²) in [5.41, 5.74) is 4.30. The number of rotatable bonds is 5. The Morgan fingerprint density at radius 2 is 1.83 bits per heavy atom. The van der Waals surface area contributed by atoms with Gasteiger partial charge in [0.15, 0.2) is 0 Å². The van der Waals surface area contributed by atoms with E-state index in [0.717, 1.165) is 35.3 Å². The smallest absolute Gasteiger partial charge is 0.268 e. The molecule has 1 atom stereocenters. The van der Waals surface area contributed by atoms with Crippen LogP contribution in [0.2, 0.25) is 0 Å². The Hall–Kier alpha value is -3.18.